The van der Waals surface area contributed by atoms with Gasteiger partial charge in [-0.3, -0.25) is 0 Å². The van der Waals surface area contributed by atoms with E-state index in [2.05, 4.69) is 4.74 Å². The number of hydrogen-bond acceptors (Lipinski definition) is 4. The smallest absolute Gasteiger partial charge is 0.491 e. The molecule has 0 spiro atoms. The maximum atomic E-state index is 12.4. The monoisotopic (exact) mass is 397 g/mol. The first-order chi connectivity index (χ1) is 13.2. The largest absolute Gasteiger partial charge is 0.573 e. The van der Waals surface area contributed by atoms with Gasteiger partial charge >= 0.3 is 6.36 Å². The number of para-hydroxylation sites is 1. The van der Waals surface area contributed by atoms with E-state index >= 15 is 0 Å². The van der Waals surface area contributed by atoms with E-state index < -0.39 is 12.5 Å². The minimum Gasteiger partial charge on any atom is -0.491 e. The third-order valence-corrected chi connectivity index (χ3v) is 4.13. The lowest BCUT2D eigenvalue weighted by Crippen LogP contribution is -2.24. The summed E-state index contributed by atoms with van der Waals surface area (Å²) in [4.78, 5) is 1.99. The van der Waals surface area contributed by atoms with Crippen LogP contribution in [0.3, 0.4) is 0 Å². The number of nitrogens with zero attached hydrogens (tertiary/aromatic N) is 1. The molecule has 2 rings (SSSR count). The van der Waals surface area contributed by atoms with Crippen LogP contribution in [0.5, 0.6) is 11.5 Å². The van der Waals surface area contributed by atoms with E-state index in [0.29, 0.717) is 25.0 Å². The fourth-order valence-corrected chi connectivity index (χ4v) is 2.70. The van der Waals surface area contributed by atoms with E-state index in [9.17, 15) is 18.3 Å². The zero-order valence-electron chi connectivity index (χ0n) is 16.1. The number of halogens is 3. The van der Waals surface area contributed by atoms with Gasteiger partial charge in [-0.1, -0.05) is 30.3 Å². The highest BCUT2D eigenvalue weighted by molar-refractivity contribution is 5.35. The molecule has 0 unspecified atom stereocenters. The number of aliphatic hydroxyl groups is 1. The molecule has 0 aliphatic heterocycles. The molecule has 2 aromatic carbocycles. The Labute approximate surface area is 163 Å². The van der Waals surface area contributed by atoms with Gasteiger partial charge in [0, 0.05) is 6.54 Å². The molecule has 1 atom stereocenters. The zero-order valence-corrected chi connectivity index (χ0v) is 16.1. The van der Waals surface area contributed by atoms with Crippen molar-refractivity contribution in [3.8, 4) is 11.5 Å². The lowest BCUT2D eigenvalue weighted by Gasteiger charge is -2.17. The van der Waals surface area contributed by atoms with Gasteiger partial charge in [0.2, 0.25) is 0 Å². The van der Waals surface area contributed by atoms with Crippen LogP contribution in [-0.4, -0.2) is 49.7 Å². The summed E-state index contributed by atoms with van der Waals surface area (Å²) in [5.74, 6) is 0.452. The first-order valence-electron chi connectivity index (χ1n) is 9.11. The summed E-state index contributed by atoms with van der Waals surface area (Å²) in [5.41, 5.74) is 1.67. The molecule has 0 aliphatic rings. The lowest BCUT2D eigenvalue weighted by molar-refractivity contribution is -0.274. The van der Waals surface area contributed by atoms with Crippen molar-refractivity contribution in [1.29, 1.82) is 0 Å². The molecule has 0 radical (unpaired) electrons. The highest BCUT2D eigenvalue weighted by Gasteiger charge is 2.31. The molecular formula is C21H26F3NO3. The number of aryl methyl sites for hydroxylation is 2. The van der Waals surface area contributed by atoms with Crippen molar-refractivity contribution in [3.63, 3.8) is 0 Å². The van der Waals surface area contributed by atoms with Crippen LogP contribution in [-0.2, 0) is 12.8 Å². The van der Waals surface area contributed by atoms with Gasteiger partial charge < -0.3 is 19.5 Å². The Kier molecular flexibility index (Phi) is 8.14. The van der Waals surface area contributed by atoms with Crippen molar-refractivity contribution in [1.82, 2.24) is 4.90 Å². The van der Waals surface area contributed by atoms with Crippen LogP contribution in [0.15, 0.2) is 48.5 Å². The predicted molar refractivity (Wildman–Crippen MR) is 102 cm³/mol. The number of aliphatic hydroxyl groups excluding tert-OH is 1. The van der Waals surface area contributed by atoms with Crippen LogP contribution in [0.2, 0.25) is 0 Å². The van der Waals surface area contributed by atoms with Crippen molar-refractivity contribution >= 4 is 0 Å². The van der Waals surface area contributed by atoms with E-state index in [-0.39, 0.29) is 12.4 Å². The normalized spacial score (nSPS) is 12.8. The van der Waals surface area contributed by atoms with E-state index in [4.69, 9.17) is 4.74 Å². The molecule has 0 saturated carbocycles. The molecule has 0 saturated heterocycles. The molecule has 7 heteroatoms. The molecule has 1 N–H and O–H groups in total. The highest BCUT2D eigenvalue weighted by atomic mass is 19.4. The van der Waals surface area contributed by atoms with Crippen LogP contribution in [0.1, 0.15) is 17.5 Å². The molecule has 28 heavy (non-hydrogen) atoms. The molecule has 4 nitrogen and oxygen atoms in total. The number of benzene rings is 2. The van der Waals surface area contributed by atoms with E-state index in [1.54, 1.807) is 12.1 Å². The van der Waals surface area contributed by atoms with Crippen molar-refractivity contribution in [2.75, 3.05) is 27.2 Å². The van der Waals surface area contributed by atoms with Gasteiger partial charge in [0.05, 0.1) is 6.10 Å². The topological polar surface area (TPSA) is 41.9 Å². The third kappa shape index (κ3) is 8.19. The first-order valence-corrected chi connectivity index (χ1v) is 9.11. The second-order valence-electron chi connectivity index (χ2n) is 6.86. The molecular weight excluding hydrogens is 371 g/mol. The van der Waals surface area contributed by atoms with Gasteiger partial charge in [-0.05, 0) is 62.7 Å². The Morgan fingerprint density at radius 3 is 2.50 bits per heavy atom. The van der Waals surface area contributed by atoms with Crippen molar-refractivity contribution in [2.24, 2.45) is 0 Å². The summed E-state index contributed by atoms with van der Waals surface area (Å²) >= 11 is 0. The maximum Gasteiger partial charge on any atom is 0.573 e. The van der Waals surface area contributed by atoms with Crippen molar-refractivity contribution < 1.29 is 27.8 Å². The summed E-state index contributed by atoms with van der Waals surface area (Å²) in [6.07, 6.45) is -3.52. The first kappa shape index (κ1) is 22.0. The second kappa shape index (κ2) is 10.3. The quantitative estimate of drug-likeness (QED) is 0.657. The number of ether oxygens (including phenoxy) is 2. The van der Waals surface area contributed by atoms with Crippen LogP contribution in [0, 0.1) is 0 Å². The molecule has 0 aliphatic carbocycles. The van der Waals surface area contributed by atoms with Gasteiger partial charge in [-0.15, -0.1) is 13.2 Å². The standard InChI is InChI=1S/C21H26F3NO3/c1-25(2)13-12-18(26)15-27-20-9-4-3-7-17(20)11-10-16-6-5-8-19(14-16)28-21(22,23)24/h3-9,14,18,26H,10-13,15H2,1-2H3/t18-/m0/s1. The molecule has 0 aromatic heterocycles. The molecule has 0 fully saturated rings. The minimum absolute atomic E-state index is 0.194. The van der Waals surface area contributed by atoms with E-state index in [0.717, 1.165) is 17.7 Å². The number of hydrogen-bond donors (Lipinski definition) is 1. The van der Waals surface area contributed by atoms with E-state index in [1.807, 2.05) is 43.3 Å². The number of rotatable bonds is 10. The molecule has 0 amide bonds. The van der Waals surface area contributed by atoms with Gasteiger partial charge in [0.1, 0.15) is 18.1 Å². The van der Waals surface area contributed by atoms with Crippen LogP contribution < -0.4 is 9.47 Å². The second-order valence-corrected chi connectivity index (χ2v) is 6.86. The Hall–Kier alpha value is -2.25. The van der Waals surface area contributed by atoms with Gasteiger partial charge in [-0.2, -0.15) is 0 Å². The Bertz CT molecular complexity index is 735. The van der Waals surface area contributed by atoms with Crippen LogP contribution in [0.4, 0.5) is 13.2 Å². The fraction of sp³-hybridized carbons (Fsp3) is 0.429. The Morgan fingerprint density at radius 1 is 1.04 bits per heavy atom. The summed E-state index contributed by atoms with van der Waals surface area (Å²) < 4.78 is 46.8. The van der Waals surface area contributed by atoms with Crippen LogP contribution >= 0.6 is 0 Å². The van der Waals surface area contributed by atoms with Crippen molar-refractivity contribution in [3.05, 3.63) is 59.7 Å². The van der Waals surface area contributed by atoms with Crippen molar-refractivity contribution in [2.45, 2.75) is 31.7 Å². The zero-order chi connectivity index (χ0) is 20.6. The maximum absolute atomic E-state index is 12.4. The van der Waals surface area contributed by atoms with E-state index in [1.165, 1.54) is 12.1 Å². The van der Waals surface area contributed by atoms with Gasteiger partial charge in [0.25, 0.3) is 0 Å². The SMILES string of the molecule is CN(C)CC[C@H](O)COc1ccccc1CCc1cccc(OC(F)(F)F)c1. The molecule has 0 heterocycles. The highest BCUT2D eigenvalue weighted by Crippen LogP contribution is 2.25. The third-order valence-electron chi connectivity index (χ3n) is 4.13. The van der Waals surface area contributed by atoms with Gasteiger partial charge in [-0.25, -0.2) is 0 Å². The molecule has 2 aromatic rings. The summed E-state index contributed by atoms with van der Waals surface area (Å²) in [7, 11) is 3.88. The predicted octanol–water partition coefficient (Wildman–Crippen LogP) is 4.06. The Morgan fingerprint density at radius 2 is 1.79 bits per heavy atom. The fourth-order valence-electron chi connectivity index (χ4n) is 2.70. The van der Waals surface area contributed by atoms with Crippen LogP contribution in [0.25, 0.3) is 0 Å². The lowest BCUT2D eigenvalue weighted by atomic mass is 10.0. The minimum atomic E-state index is -4.70. The average molecular weight is 397 g/mol. The summed E-state index contributed by atoms with van der Waals surface area (Å²) in [5, 5.41) is 10.0. The molecule has 0 bridgehead atoms. The summed E-state index contributed by atoms with van der Waals surface area (Å²) in [6, 6.07) is 13.5. The van der Waals surface area contributed by atoms with Gasteiger partial charge in [0.15, 0.2) is 0 Å². The average Bonchev–Trinajstić information content (AvgIpc) is 2.62. The summed E-state index contributed by atoms with van der Waals surface area (Å²) in [6.45, 7) is 0.961. The molecule has 154 valence electrons. The Balaban J connectivity index is 1.93. The number of alkyl halides is 3.